The van der Waals surface area contributed by atoms with Crippen LogP contribution in [0.5, 0.6) is 0 Å². The molecule has 24 heavy (non-hydrogen) atoms. The zero-order chi connectivity index (χ0) is 17.5. The largest absolute Gasteiger partial charge is 0.356 e. The zero-order valence-electron chi connectivity index (χ0n) is 15.1. The van der Waals surface area contributed by atoms with Gasteiger partial charge >= 0.3 is 0 Å². The Kier molecular flexibility index (Phi) is 6.80. The van der Waals surface area contributed by atoms with E-state index in [1.54, 1.807) is 0 Å². The molecule has 0 aliphatic rings. The third-order valence-electron chi connectivity index (χ3n) is 4.41. The fourth-order valence-corrected chi connectivity index (χ4v) is 2.91. The van der Waals surface area contributed by atoms with Crippen LogP contribution in [0.3, 0.4) is 0 Å². The van der Waals surface area contributed by atoms with Gasteiger partial charge in [0.15, 0.2) is 5.11 Å². The summed E-state index contributed by atoms with van der Waals surface area (Å²) in [6.07, 6.45) is 3.61. The number of hydrogen-bond acceptors (Lipinski definition) is 1. The standard InChI is InChI=1S/C21H28N2S/c1-5-6-7-18-9-12-20(13-10-18)23-21(24)22-17(4)19-11-8-15(2)16(3)14-19/h8-14,17H,5-7H2,1-4H3,(H2,22,23,24). The van der Waals surface area contributed by atoms with Crippen LogP contribution in [0.25, 0.3) is 0 Å². The van der Waals surface area contributed by atoms with Gasteiger partial charge in [0.25, 0.3) is 0 Å². The van der Waals surface area contributed by atoms with Crippen LogP contribution in [0.4, 0.5) is 5.69 Å². The lowest BCUT2D eigenvalue weighted by Gasteiger charge is -2.18. The van der Waals surface area contributed by atoms with E-state index in [1.807, 2.05) is 0 Å². The van der Waals surface area contributed by atoms with Crippen molar-refractivity contribution in [3.63, 3.8) is 0 Å². The van der Waals surface area contributed by atoms with Gasteiger partial charge in [0, 0.05) is 5.69 Å². The summed E-state index contributed by atoms with van der Waals surface area (Å²) in [5, 5.41) is 7.29. The second-order valence-electron chi connectivity index (χ2n) is 6.46. The Hall–Kier alpha value is -1.87. The van der Waals surface area contributed by atoms with Crippen LogP contribution < -0.4 is 10.6 Å². The molecule has 1 unspecified atom stereocenters. The first-order chi connectivity index (χ1) is 11.5. The first-order valence-electron chi connectivity index (χ1n) is 8.73. The average molecular weight is 341 g/mol. The Morgan fingerprint density at radius 3 is 2.38 bits per heavy atom. The van der Waals surface area contributed by atoms with Crippen LogP contribution >= 0.6 is 12.2 Å². The Balaban J connectivity index is 1.91. The van der Waals surface area contributed by atoms with Crippen molar-refractivity contribution in [2.45, 2.75) is 53.0 Å². The Morgan fingerprint density at radius 1 is 1.04 bits per heavy atom. The van der Waals surface area contributed by atoms with E-state index in [4.69, 9.17) is 12.2 Å². The van der Waals surface area contributed by atoms with Gasteiger partial charge in [0.1, 0.15) is 0 Å². The molecule has 2 aromatic rings. The van der Waals surface area contributed by atoms with Crippen LogP contribution in [-0.2, 0) is 6.42 Å². The van der Waals surface area contributed by atoms with Crippen LogP contribution in [0.2, 0.25) is 0 Å². The molecular weight excluding hydrogens is 312 g/mol. The Morgan fingerprint density at radius 2 is 1.75 bits per heavy atom. The minimum absolute atomic E-state index is 0.174. The van der Waals surface area contributed by atoms with Gasteiger partial charge in [-0.2, -0.15) is 0 Å². The van der Waals surface area contributed by atoms with Gasteiger partial charge in [-0.15, -0.1) is 0 Å². The van der Waals surface area contributed by atoms with E-state index in [0.717, 1.165) is 12.1 Å². The maximum Gasteiger partial charge on any atom is 0.171 e. The second-order valence-corrected chi connectivity index (χ2v) is 6.87. The maximum absolute atomic E-state index is 5.45. The first-order valence-corrected chi connectivity index (χ1v) is 9.14. The monoisotopic (exact) mass is 340 g/mol. The van der Waals surface area contributed by atoms with Crippen LogP contribution in [-0.4, -0.2) is 5.11 Å². The summed E-state index contributed by atoms with van der Waals surface area (Å²) in [5.74, 6) is 0. The molecule has 0 saturated carbocycles. The topological polar surface area (TPSA) is 24.1 Å². The molecule has 1 atom stereocenters. The summed E-state index contributed by atoms with van der Waals surface area (Å²) < 4.78 is 0. The van der Waals surface area contributed by atoms with Crippen LogP contribution in [0.15, 0.2) is 42.5 Å². The van der Waals surface area contributed by atoms with Crippen molar-refractivity contribution in [3.05, 3.63) is 64.7 Å². The quantitative estimate of drug-likeness (QED) is 0.660. The minimum atomic E-state index is 0.174. The second kappa shape index (κ2) is 8.84. The van der Waals surface area contributed by atoms with E-state index in [2.05, 4.69) is 80.8 Å². The number of aryl methyl sites for hydroxylation is 3. The summed E-state index contributed by atoms with van der Waals surface area (Å²) in [4.78, 5) is 0. The number of thiocarbonyl (C=S) groups is 1. The van der Waals surface area contributed by atoms with Gasteiger partial charge in [-0.3, -0.25) is 0 Å². The van der Waals surface area contributed by atoms with E-state index >= 15 is 0 Å². The molecule has 0 amide bonds. The zero-order valence-corrected chi connectivity index (χ0v) is 16.0. The van der Waals surface area contributed by atoms with Crippen molar-refractivity contribution in [3.8, 4) is 0 Å². The fourth-order valence-electron chi connectivity index (χ4n) is 2.62. The molecule has 0 saturated heterocycles. The lowest BCUT2D eigenvalue weighted by Crippen LogP contribution is -2.30. The van der Waals surface area contributed by atoms with Crippen molar-refractivity contribution in [1.82, 2.24) is 5.32 Å². The van der Waals surface area contributed by atoms with Gasteiger partial charge in [-0.1, -0.05) is 43.7 Å². The van der Waals surface area contributed by atoms with Gasteiger partial charge in [0.2, 0.25) is 0 Å². The summed E-state index contributed by atoms with van der Waals surface area (Å²) in [5.41, 5.74) is 6.28. The van der Waals surface area contributed by atoms with Gasteiger partial charge in [0.05, 0.1) is 6.04 Å². The van der Waals surface area contributed by atoms with Crippen LogP contribution in [0, 0.1) is 13.8 Å². The summed E-state index contributed by atoms with van der Waals surface area (Å²) >= 11 is 5.45. The van der Waals surface area contributed by atoms with Gasteiger partial charge < -0.3 is 10.6 Å². The third-order valence-corrected chi connectivity index (χ3v) is 4.63. The summed E-state index contributed by atoms with van der Waals surface area (Å²) in [7, 11) is 0. The van der Waals surface area contributed by atoms with E-state index < -0.39 is 0 Å². The number of rotatable bonds is 6. The summed E-state index contributed by atoms with van der Waals surface area (Å²) in [6, 6.07) is 15.3. The predicted molar refractivity (Wildman–Crippen MR) is 109 cm³/mol. The molecule has 2 nitrogen and oxygen atoms in total. The molecule has 0 aliphatic heterocycles. The Labute approximate surface area is 151 Å². The number of anilines is 1. The molecule has 0 heterocycles. The summed E-state index contributed by atoms with van der Waals surface area (Å²) in [6.45, 7) is 8.62. The molecule has 3 heteroatoms. The van der Waals surface area contributed by atoms with Gasteiger partial charge in [-0.25, -0.2) is 0 Å². The van der Waals surface area contributed by atoms with E-state index in [-0.39, 0.29) is 6.04 Å². The van der Waals surface area contributed by atoms with E-state index in [1.165, 1.54) is 35.1 Å². The molecule has 2 N–H and O–H groups in total. The molecule has 2 aromatic carbocycles. The van der Waals surface area contributed by atoms with Crippen LogP contribution in [0.1, 0.15) is 55.0 Å². The highest BCUT2D eigenvalue weighted by molar-refractivity contribution is 7.80. The van der Waals surface area contributed by atoms with Crippen molar-refractivity contribution in [2.24, 2.45) is 0 Å². The molecule has 0 bridgehead atoms. The number of nitrogens with one attached hydrogen (secondary N) is 2. The molecule has 0 aliphatic carbocycles. The lowest BCUT2D eigenvalue weighted by atomic mass is 10.0. The molecule has 0 fully saturated rings. The van der Waals surface area contributed by atoms with Crippen molar-refractivity contribution < 1.29 is 0 Å². The minimum Gasteiger partial charge on any atom is -0.356 e. The first kappa shape index (κ1) is 18.5. The van der Waals surface area contributed by atoms with Crippen molar-refractivity contribution in [1.29, 1.82) is 0 Å². The highest BCUT2D eigenvalue weighted by Crippen LogP contribution is 2.17. The molecule has 0 radical (unpaired) electrons. The molecule has 128 valence electrons. The number of hydrogen-bond donors (Lipinski definition) is 2. The van der Waals surface area contributed by atoms with Crippen molar-refractivity contribution in [2.75, 3.05) is 5.32 Å². The van der Waals surface area contributed by atoms with E-state index in [9.17, 15) is 0 Å². The fraction of sp³-hybridized carbons (Fsp3) is 0.381. The highest BCUT2D eigenvalue weighted by Gasteiger charge is 2.08. The van der Waals surface area contributed by atoms with Gasteiger partial charge in [-0.05, 0) is 80.2 Å². The average Bonchev–Trinajstić information content (AvgIpc) is 2.56. The number of benzene rings is 2. The molecular formula is C21H28N2S. The van der Waals surface area contributed by atoms with E-state index in [0.29, 0.717) is 5.11 Å². The smallest absolute Gasteiger partial charge is 0.171 e. The highest BCUT2D eigenvalue weighted by atomic mass is 32.1. The Bertz CT molecular complexity index is 677. The molecule has 0 spiro atoms. The SMILES string of the molecule is CCCCc1ccc(NC(=S)NC(C)c2ccc(C)c(C)c2)cc1. The normalized spacial score (nSPS) is 11.8. The molecule has 2 rings (SSSR count). The third kappa shape index (κ3) is 5.34. The predicted octanol–water partition coefficient (Wildman–Crippen LogP) is 5.69. The molecule has 0 aromatic heterocycles. The maximum atomic E-state index is 5.45. The number of unbranched alkanes of at least 4 members (excludes halogenated alkanes) is 1. The lowest BCUT2D eigenvalue weighted by molar-refractivity contribution is 0.721. The van der Waals surface area contributed by atoms with Crippen molar-refractivity contribution >= 4 is 23.0 Å².